The minimum absolute atomic E-state index is 0.561. The molecule has 0 bridgehead atoms. The molecule has 0 aliphatic rings. The lowest BCUT2D eigenvalue weighted by Gasteiger charge is -1.91. The molecule has 0 radical (unpaired) electrons. The zero-order valence-electron chi connectivity index (χ0n) is 8.18. The number of thiazole rings is 1. The molecule has 4 nitrogen and oxygen atoms in total. The molecule has 0 aliphatic heterocycles. The normalized spacial score (nSPS) is 10.8. The van der Waals surface area contributed by atoms with Gasteiger partial charge in [-0.1, -0.05) is 0 Å². The van der Waals surface area contributed by atoms with Crippen LogP contribution in [0.5, 0.6) is 0 Å². The van der Waals surface area contributed by atoms with Crippen molar-refractivity contribution in [3.63, 3.8) is 0 Å². The third-order valence-corrected chi connectivity index (χ3v) is 3.78. The van der Waals surface area contributed by atoms with Gasteiger partial charge in [-0.15, -0.1) is 11.3 Å². The number of hydrogen-bond acceptors (Lipinski definition) is 5. The second-order valence-electron chi connectivity index (χ2n) is 3.25. The number of anilines is 1. The minimum atomic E-state index is 0.561. The van der Waals surface area contributed by atoms with Gasteiger partial charge in [-0.3, -0.25) is 5.10 Å². The van der Waals surface area contributed by atoms with Crippen LogP contribution in [0.1, 0.15) is 0 Å². The largest absolute Gasteiger partial charge is 0.383 e. The molecule has 3 aromatic heterocycles. The third-order valence-electron chi connectivity index (χ3n) is 2.22. The Labute approximate surface area is 99.8 Å². The number of rotatable bonds is 2. The zero-order chi connectivity index (χ0) is 11.0. The van der Waals surface area contributed by atoms with Crippen LogP contribution < -0.4 is 5.73 Å². The van der Waals surface area contributed by atoms with Crippen LogP contribution in [0.15, 0.2) is 28.4 Å². The molecule has 3 N–H and O–H groups in total. The van der Waals surface area contributed by atoms with E-state index in [1.54, 1.807) is 28.9 Å². The summed E-state index contributed by atoms with van der Waals surface area (Å²) in [4.78, 5) is 4.54. The number of aromatic nitrogens is 3. The molecular weight excluding hydrogens is 240 g/mol. The van der Waals surface area contributed by atoms with Crippen LogP contribution in [0.4, 0.5) is 5.82 Å². The molecule has 0 aliphatic carbocycles. The molecule has 0 saturated carbocycles. The molecule has 0 amide bonds. The van der Waals surface area contributed by atoms with Crippen LogP contribution in [0.25, 0.3) is 21.8 Å². The second kappa shape index (κ2) is 3.73. The van der Waals surface area contributed by atoms with E-state index in [1.807, 2.05) is 10.8 Å². The molecule has 3 rings (SSSR count). The smallest absolute Gasteiger partial charge is 0.129 e. The molecule has 6 heteroatoms. The van der Waals surface area contributed by atoms with E-state index in [-0.39, 0.29) is 0 Å². The van der Waals surface area contributed by atoms with E-state index in [2.05, 4.69) is 26.6 Å². The van der Waals surface area contributed by atoms with Gasteiger partial charge in [0.25, 0.3) is 0 Å². The maximum absolute atomic E-state index is 5.75. The fourth-order valence-corrected chi connectivity index (χ4v) is 2.91. The van der Waals surface area contributed by atoms with Crippen molar-refractivity contribution < 1.29 is 0 Å². The first kappa shape index (κ1) is 9.56. The van der Waals surface area contributed by atoms with E-state index in [0.717, 1.165) is 21.8 Å². The third kappa shape index (κ3) is 1.52. The molecule has 3 heterocycles. The standard InChI is InChI=1S/C10H8N4S2/c11-9-7(3-12-14-9)10-13-8(5-16-10)6-1-2-15-4-6/h1-5H,(H3,11,12,14). The fourth-order valence-electron chi connectivity index (χ4n) is 1.41. The highest BCUT2D eigenvalue weighted by molar-refractivity contribution is 7.13. The Balaban J connectivity index is 2.03. The van der Waals surface area contributed by atoms with E-state index in [9.17, 15) is 0 Å². The van der Waals surface area contributed by atoms with Crippen molar-refractivity contribution >= 4 is 28.5 Å². The SMILES string of the molecule is Nc1[nH]ncc1-c1nc(-c2ccsc2)cs1. The Morgan fingerprint density at radius 3 is 2.94 bits per heavy atom. The Morgan fingerprint density at radius 1 is 1.31 bits per heavy atom. The second-order valence-corrected chi connectivity index (χ2v) is 4.89. The Bertz CT molecular complexity index is 594. The fraction of sp³-hybridized carbons (Fsp3) is 0. The summed E-state index contributed by atoms with van der Waals surface area (Å²) in [6.45, 7) is 0. The summed E-state index contributed by atoms with van der Waals surface area (Å²) < 4.78 is 0. The molecule has 0 saturated heterocycles. The van der Waals surface area contributed by atoms with Gasteiger partial charge >= 0.3 is 0 Å². The van der Waals surface area contributed by atoms with Crippen molar-refractivity contribution in [1.29, 1.82) is 0 Å². The summed E-state index contributed by atoms with van der Waals surface area (Å²) in [5.41, 5.74) is 8.75. The lowest BCUT2D eigenvalue weighted by Crippen LogP contribution is -1.87. The number of nitrogens with zero attached hydrogens (tertiary/aromatic N) is 2. The molecule has 0 spiro atoms. The lowest BCUT2D eigenvalue weighted by molar-refractivity contribution is 1.10. The predicted octanol–water partition coefficient (Wildman–Crippen LogP) is 2.84. The maximum atomic E-state index is 5.75. The van der Waals surface area contributed by atoms with Crippen LogP contribution >= 0.6 is 22.7 Å². The van der Waals surface area contributed by atoms with Crippen LogP contribution in [0.3, 0.4) is 0 Å². The average Bonchev–Trinajstić information content (AvgIpc) is 2.96. The monoisotopic (exact) mass is 248 g/mol. The van der Waals surface area contributed by atoms with Gasteiger partial charge in [0.2, 0.25) is 0 Å². The van der Waals surface area contributed by atoms with E-state index < -0.39 is 0 Å². The highest BCUT2D eigenvalue weighted by Gasteiger charge is 2.10. The number of nitrogens with two attached hydrogens (primary N) is 1. The topological polar surface area (TPSA) is 67.6 Å². The average molecular weight is 248 g/mol. The molecule has 3 aromatic rings. The summed E-state index contributed by atoms with van der Waals surface area (Å²) in [7, 11) is 0. The van der Waals surface area contributed by atoms with Gasteiger partial charge in [-0.2, -0.15) is 16.4 Å². The number of H-pyrrole nitrogens is 1. The molecular formula is C10H8N4S2. The zero-order valence-corrected chi connectivity index (χ0v) is 9.81. The number of aromatic amines is 1. The number of nitrogens with one attached hydrogen (secondary N) is 1. The predicted molar refractivity (Wildman–Crippen MR) is 67.4 cm³/mol. The minimum Gasteiger partial charge on any atom is -0.383 e. The summed E-state index contributed by atoms with van der Waals surface area (Å²) >= 11 is 3.24. The van der Waals surface area contributed by atoms with Gasteiger partial charge < -0.3 is 5.73 Å². The van der Waals surface area contributed by atoms with Gasteiger partial charge in [0, 0.05) is 16.3 Å². The van der Waals surface area contributed by atoms with E-state index >= 15 is 0 Å². The molecule has 80 valence electrons. The molecule has 0 aromatic carbocycles. The highest BCUT2D eigenvalue weighted by atomic mass is 32.1. The Morgan fingerprint density at radius 2 is 2.25 bits per heavy atom. The summed E-state index contributed by atoms with van der Waals surface area (Å²) in [5, 5.41) is 13.6. The number of hydrogen-bond donors (Lipinski definition) is 2. The summed E-state index contributed by atoms with van der Waals surface area (Å²) in [6, 6.07) is 2.06. The highest BCUT2D eigenvalue weighted by Crippen LogP contribution is 2.31. The van der Waals surface area contributed by atoms with Crippen molar-refractivity contribution in [2.24, 2.45) is 0 Å². The molecule has 16 heavy (non-hydrogen) atoms. The molecule has 0 fully saturated rings. The van der Waals surface area contributed by atoms with Crippen LogP contribution in [0.2, 0.25) is 0 Å². The molecule has 0 atom stereocenters. The van der Waals surface area contributed by atoms with Gasteiger partial charge in [0.05, 0.1) is 17.5 Å². The van der Waals surface area contributed by atoms with Crippen LogP contribution in [-0.4, -0.2) is 15.2 Å². The quantitative estimate of drug-likeness (QED) is 0.732. The lowest BCUT2D eigenvalue weighted by atomic mass is 10.3. The first-order valence-electron chi connectivity index (χ1n) is 4.62. The number of thiophene rings is 1. The Kier molecular flexibility index (Phi) is 2.23. The van der Waals surface area contributed by atoms with Crippen molar-refractivity contribution in [2.45, 2.75) is 0 Å². The van der Waals surface area contributed by atoms with Crippen LogP contribution in [0, 0.1) is 0 Å². The van der Waals surface area contributed by atoms with E-state index in [0.29, 0.717) is 5.82 Å². The number of nitrogen functional groups attached to an aromatic ring is 1. The van der Waals surface area contributed by atoms with Gasteiger partial charge in [0.1, 0.15) is 10.8 Å². The van der Waals surface area contributed by atoms with Gasteiger partial charge in [-0.25, -0.2) is 4.98 Å². The first-order valence-corrected chi connectivity index (χ1v) is 6.44. The maximum Gasteiger partial charge on any atom is 0.129 e. The summed E-state index contributed by atoms with van der Waals surface area (Å²) in [5.74, 6) is 0.561. The van der Waals surface area contributed by atoms with Crippen molar-refractivity contribution in [2.75, 3.05) is 5.73 Å². The van der Waals surface area contributed by atoms with Gasteiger partial charge in [-0.05, 0) is 11.4 Å². The Hall–Kier alpha value is -1.66. The first-order chi connectivity index (χ1) is 7.84. The van der Waals surface area contributed by atoms with Gasteiger partial charge in [0.15, 0.2) is 0 Å². The summed E-state index contributed by atoms with van der Waals surface area (Å²) in [6.07, 6.45) is 1.70. The van der Waals surface area contributed by atoms with Crippen LogP contribution in [-0.2, 0) is 0 Å². The van der Waals surface area contributed by atoms with E-state index in [4.69, 9.17) is 5.73 Å². The van der Waals surface area contributed by atoms with Crippen molar-refractivity contribution in [3.05, 3.63) is 28.4 Å². The van der Waals surface area contributed by atoms with E-state index in [1.165, 1.54) is 0 Å². The molecule has 0 unspecified atom stereocenters. The van der Waals surface area contributed by atoms with Crippen molar-refractivity contribution in [1.82, 2.24) is 15.2 Å². The van der Waals surface area contributed by atoms with Crippen molar-refractivity contribution in [3.8, 4) is 21.8 Å².